The zero-order valence-electron chi connectivity index (χ0n) is 30.9. The molecule has 2 N–H and O–H groups in total. The Bertz CT molecular complexity index is 2850. The first-order valence-corrected chi connectivity index (χ1v) is 18.6. The second-order valence-electron chi connectivity index (χ2n) is 13.6. The summed E-state index contributed by atoms with van der Waals surface area (Å²) in [6.45, 7) is 4.22. The molecule has 0 unspecified atom stereocenters. The highest BCUT2D eigenvalue weighted by Crippen LogP contribution is 2.35. The Hall–Kier alpha value is -7.90. The number of benzene rings is 7. The number of rotatable bonds is 9. The molecule has 0 aliphatic heterocycles. The Kier molecular flexibility index (Phi) is 9.45. The summed E-state index contributed by atoms with van der Waals surface area (Å²) >= 11 is 0. The molecule has 7 aromatic carbocycles. The molecule has 9 aromatic rings. The van der Waals surface area contributed by atoms with Gasteiger partial charge in [-0.15, -0.1) is 0 Å². The van der Waals surface area contributed by atoms with E-state index in [1.54, 1.807) is 6.21 Å². The van der Waals surface area contributed by atoms with Crippen LogP contribution < -0.4 is 5.73 Å². The first-order chi connectivity index (χ1) is 28.0. The number of hydrogen-bond acceptors (Lipinski definition) is 7. The molecular weight excluding hydrogens is 699 g/mol. The van der Waals surface area contributed by atoms with Crippen molar-refractivity contribution in [2.75, 3.05) is 5.73 Å². The number of anilines is 1. The van der Waals surface area contributed by atoms with Gasteiger partial charge >= 0.3 is 0 Å². The number of nitrogens with two attached hydrogens (primary N) is 1. The fraction of sp³-hybridized carbons (Fsp3) is 0. The van der Waals surface area contributed by atoms with E-state index in [9.17, 15) is 0 Å². The molecule has 0 saturated carbocycles. The molecule has 7 nitrogen and oxygen atoms in total. The lowest BCUT2D eigenvalue weighted by atomic mass is 9.94. The summed E-state index contributed by atoms with van der Waals surface area (Å²) in [7, 11) is 0. The van der Waals surface area contributed by atoms with Gasteiger partial charge in [-0.3, -0.25) is 4.99 Å². The zero-order valence-corrected chi connectivity index (χ0v) is 30.9. The van der Waals surface area contributed by atoms with E-state index in [0.29, 0.717) is 34.7 Å². The maximum atomic E-state index is 6.13. The largest absolute Gasteiger partial charge is 0.398 e. The van der Waals surface area contributed by atoms with Crippen molar-refractivity contribution >= 4 is 28.5 Å². The van der Waals surface area contributed by atoms with Crippen LogP contribution in [-0.4, -0.2) is 31.1 Å². The van der Waals surface area contributed by atoms with E-state index < -0.39 is 0 Å². The molecule has 0 saturated heterocycles. The zero-order chi connectivity index (χ0) is 38.6. The maximum Gasteiger partial charge on any atom is 0.164 e. The SMILES string of the molecule is C=C(N=Cc1ccccc1N)c1ccc(-c2cc(-c3ccc(-c4ncc5ccccc5n4)cc3)cc(-c3nc(-c4ccccc4)nc(-c4ccccc4)n3)c2)cc1. The summed E-state index contributed by atoms with van der Waals surface area (Å²) < 4.78 is 0. The summed E-state index contributed by atoms with van der Waals surface area (Å²) in [5.74, 6) is 2.46. The normalized spacial score (nSPS) is 11.2. The molecule has 0 radical (unpaired) electrons. The van der Waals surface area contributed by atoms with Crippen LogP contribution in [-0.2, 0) is 0 Å². The first-order valence-electron chi connectivity index (χ1n) is 18.6. The molecule has 7 heteroatoms. The Labute approximate surface area is 330 Å². The molecular formula is C50H35N7. The molecule has 0 fully saturated rings. The fourth-order valence-electron chi connectivity index (χ4n) is 6.66. The topological polar surface area (TPSA) is 103 Å². The number of aromatic nitrogens is 5. The van der Waals surface area contributed by atoms with Crippen molar-refractivity contribution in [3.8, 4) is 67.8 Å². The quantitative estimate of drug-likeness (QED) is 0.117. The number of fused-ring (bicyclic) bond motifs is 1. The van der Waals surface area contributed by atoms with Crippen molar-refractivity contribution in [3.63, 3.8) is 0 Å². The second-order valence-corrected chi connectivity index (χ2v) is 13.6. The second kappa shape index (κ2) is 15.5. The standard InChI is InChI=1S/C50H35N7/c1-33(52-31-40-16-8-10-18-45(40)51)34-20-22-35(23-21-34)42-28-43(36-24-26-39(27-25-36)47-53-32-41-17-9-11-19-46(41)54-47)30-44(29-42)50-56-48(37-12-4-2-5-13-37)55-49(57-50)38-14-6-3-7-15-38/h2-32H,1,51H2. The van der Waals surface area contributed by atoms with Gasteiger partial charge in [-0.1, -0.05) is 152 Å². The highest BCUT2D eigenvalue weighted by atomic mass is 15.0. The molecule has 2 aromatic heterocycles. The van der Waals surface area contributed by atoms with Crippen LogP contribution in [0.25, 0.3) is 84.4 Å². The highest BCUT2D eigenvalue weighted by Gasteiger charge is 2.15. The van der Waals surface area contributed by atoms with Crippen molar-refractivity contribution < 1.29 is 0 Å². The van der Waals surface area contributed by atoms with Gasteiger partial charge in [0.15, 0.2) is 23.3 Å². The Morgan fingerprint density at radius 1 is 0.456 bits per heavy atom. The van der Waals surface area contributed by atoms with E-state index >= 15 is 0 Å². The van der Waals surface area contributed by atoms with Crippen molar-refractivity contribution in [2.24, 2.45) is 4.99 Å². The van der Waals surface area contributed by atoms with Crippen LogP contribution >= 0.6 is 0 Å². The van der Waals surface area contributed by atoms with Crippen LogP contribution in [0.3, 0.4) is 0 Å². The van der Waals surface area contributed by atoms with Crippen LogP contribution in [0.1, 0.15) is 11.1 Å². The lowest BCUT2D eigenvalue weighted by molar-refractivity contribution is 1.07. The highest BCUT2D eigenvalue weighted by molar-refractivity contribution is 5.90. The minimum absolute atomic E-state index is 0.575. The predicted octanol–water partition coefficient (Wildman–Crippen LogP) is 11.5. The average molecular weight is 734 g/mol. The van der Waals surface area contributed by atoms with Gasteiger partial charge < -0.3 is 5.73 Å². The van der Waals surface area contributed by atoms with E-state index in [1.807, 2.05) is 128 Å². The minimum Gasteiger partial charge on any atom is -0.398 e. The molecule has 270 valence electrons. The summed E-state index contributed by atoms with van der Waals surface area (Å²) in [6, 6.07) is 58.8. The summed E-state index contributed by atoms with van der Waals surface area (Å²) in [6.07, 6.45) is 3.62. The third-order valence-electron chi connectivity index (χ3n) is 9.76. The van der Waals surface area contributed by atoms with E-state index in [1.165, 1.54) is 0 Å². The molecule has 0 aliphatic carbocycles. The summed E-state index contributed by atoms with van der Waals surface area (Å²) in [5, 5.41) is 1.01. The molecule has 9 rings (SSSR count). The monoisotopic (exact) mass is 733 g/mol. The number of nitrogens with zero attached hydrogens (tertiary/aromatic N) is 6. The maximum absolute atomic E-state index is 6.13. The van der Waals surface area contributed by atoms with Crippen molar-refractivity contribution in [3.05, 3.63) is 200 Å². The van der Waals surface area contributed by atoms with Crippen molar-refractivity contribution in [1.82, 2.24) is 24.9 Å². The van der Waals surface area contributed by atoms with Crippen LogP contribution in [0.5, 0.6) is 0 Å². The number of aliphatic imine (C=N–C) groups is 1. The van der Waals surface area contributed by atoms with E-state index in [0.717, 1.165) is 66.5 Å². The van der Waals surface area contributed by atoms with Crippen molar-refractivity contribution in [2.45, 2.75) is 0 Å². The molecule has 0 amide bonds. The molecule has 0 bridgehead atoms. The molecule has 2 heterocycles. The first kappa shape index (κ1) is 34.8. The fourth-order valence-corrected chi connectivity index (χ4v) is 6.66. The third-order valence-corrected chi connectivity index (χ3v) is 9.76. The third kappa shape index (κ3) is 7.58. The lowest BCUT2D eigenvalue weighted by Gasteiger charge is -2.13. The Morgan fingerprint density at radius 2 is 0.947 bits per heavy atom. The smallest absolute Gasteiger partial charge is 0.164 e. The van der Waals surface area contributed by atoms with Crippen LogP contribution in [0.4, 0.5) is 5.69 Å². The summed E-state index contributed by atoms with van der Waals surface area (Å²) in [5.41, 5.74) is 17.8. The Morgan fingerprint density at radius 3 is 1.58 bits per heavy atom. The van der Waals surface area contributed by atoms with Gasteiger partial charge in [-0.25, -0.2) is 24.9 Å². The summed E-state index contributed by atoms with van der Waals surface area (Å²) in [4.78, 5) is 29.1. The number of nitrogen functional groups attached to an aromatic ring is 1. The van der Waals surface area contributed by atoms with Gasteiger partial charge in [0.25, 0.3) is 0 Å². The van der Waals surface area contributed by atoms with Gasteiger partial charge in [-0.05, 0) is 58.1 Å². The molecule has 0 atom stereocenters. The van der Waals surface area contributed by atoms with Crippen LogP contribution in [0.2, 0.25) is 0 Å². The van der Waals surface area contributed by atoms with Gasteiger partial charge in [0, 0.05) is 51.3 Å². The van der Waals surface area contributed by atoms with Crippen LogP contribution in [0.15, 0.2) is 194 Å². The Balaban J connectivity index is 1.13. The minimum atomic E-state index is 0.575. The van der Waals surface area contributed by atoms with E-state index in [-0.39, 0.29) is 0 Å². The van der Waals surface area contributed by atoms with Gasteiger partial charge in [0.1, 0.15) is 0 Å². The predicted molar refractivity (Wildman–Crippen MR) is 233 cm³/mol. The van der Waals surface area contributed by atoms with E-state index in [2.05, 4.69) is 71.2 Å². The molecule has 0 spiro atoms. The van der Waals surface area contributed by atoms with Gasteiger partial charge in [0.2, 0.25) is 0 Å². The van der Waals surface area contributed by atoms with Crippen LogP contribution in [0, 0.1) is 0 Å². The molecule has 57 heavy (non-hydrogen) atoms. The average Bonchev–Trinajstić information content (AvgIpc) is 3.29. The number of hydrogen-bond donors (Lipinski definition) is 1. The van der Waals surface area contributed by atoms with Gasteiger partial charge in [0.05, 0.1) is 11.2 Å². The lowest BCUT2D eigenvalue weighted by Crippen LogP contribution is -2.00. The van der Waals surface area contributed by atoms with Gasteiger partial charge in [-0.2, -0.15) is 0 Å². The molecule has 0 aliphatic rings. The van der Waals surface area contributed by atoms with E-state index in [4.69, 9.17) is 25.7 Å². The van der Waals surface area contributed by atoms with Crippen molar-refractivity contribution in [1.29, 1.82) is 0 Å². The number of para-hydroxylation sites is 2.